The van der Waals surface area contributed by atoms with Gasteiger partial charge in [-0.3, -0.25) is 9.69 Å². The highest BCUT2D eigenvalue weighted by Crippen LogP contribution is 2.11. The molecule has 0 aliphatic carbocycles. The van der Waals surface area contributed by atoms with E-state index in [0.717, 1.165) is 31.6 Å². The summed E-state index contributed by atoms with van der Waals surface area (Å²) in [5, 5.41) is 5.25. The van der Waals surface area contributed by atoms with Crippen LogP contribution in [0.15, 0.2) is 24.3 Å². The molecule has 3 amide bonds. The molecule has 0 spiro atoms. The summed E-state index contributed by atoms with van der Waals surface area (Å²) in [5.74, 6) is -0.249. The zero-order valence-electron chi connectivity index (χ0n) is 12.9. The Kier molecular flexibility index (Phi) is 4.76. The first-order valence-corrected chi connectivity index (χ1v) is 7.92. The third-order valence-corrected chi connectivity index (χ3v) is 4.29. The normalized spacial score (nSPS) is 22.4. The first-order valence-electron chi connectivity index (χ1n) is 7.92. The summed E-state index contributed by atoms with van der Waals surface area (Å²) < 4.78 is 13.0. The van der Waals surface area contributed by atoms with Crippen LogP contribution in [0.4, 0.5) is 9.18 Å². The highest BCUT2D eigenvalue weighted by Gasteiger charge is 2.31. The van der Waals surface area contributed by atoms with Gasteiger partial charge in [-0.05, 0) is 24.1 Å². The van der Waals surface area contributed by atoms with Crippen molar-refractivity contribution in [1.29, 1.82) is 0 Å². The predicted molar refractivity (Wildman–Crippen MR) is 83.2 cm³/mol. The van der Waals surface area contributed by atoms with E-state index in [4.69, 9.17) is 0 Å². The van der Waals surface area contributed by atoms with Gasteiger partial charge in [-0.25, -0.2) is 9.18 Å². The molecule has 3 rings (SSSR count). The number of nitrogens with one attached hydrogen (secondary N) is 2. The minimum atomic E-state index is -0.453. The van der Waals surface area contributed by atoms with Crippen LogP contribution in [-0.4, -0.2) is 60.5 Å². The number of benzene rings is 1. The van der Waals surface area contributed by atoms with E-state index in [1.54, 1.807) is 12.1 Å². The number of carbonyl (C=O) groups is 2. The molecule has 0 saturated carbocycles. The van der Waals surface area contributed by atoms with Crippen molar-refractivity contribution >= 4 is 11.9 Å². The topological polar surface area (TPSA) is 64.7 Å². The number of halogens is 1. The maximum absolute atomic E-state index is 13.0. The first-order chi connectivity index (χ1) is 11.1. The fourth-order valence-electron chi connectivity index (χ4n) is 3.02. The summed E-state index contributed by atoms with van der Waals surface area (Å²) >= 11 is 0. The standard InChI is InChI=1S/C16H21FN4O2/c17-13-4-2-12(3-5-13)11-20-6-1-7-21(9-8-20)15(22)14-10-18-16(23)19-14/h2-5,14H,1,6-11H2,(H2,18,19,23). The van der Waals surface area contributed by atoms with Crippen molar-refractivity contribution < 1.29 is 14.0 Å². The van der Waals surface area contributed by atoms with Gasteiger partial charge in [0, 0.05) is 39.3 Å². The van der Waals surface area contributed by atoms with Gasteiger partial charge in [0.2, 0.25) is 5.91 Å². The summed E-state index contributed by atoms with van der Waals surface area (Å²) in [4.78, 5) is 27.7. The summed E-state index contributed by atoms with van der Waals surface area (Å²) in [5.41, 5.74) is 1.07. The number of carbonyl (C=O) groups excluding carboxylic acids is 2. The molecule has 1 atom stereocenters. The maximum atomic E-state index is 13.0. The molecule has 6 nitrogen and oxygen atoms in total. The molecule has 2 fully saturated rings. The highest BCUT2D eigenvalue weighted by molar-refractivity contribution is 5.90. The third kappa shape index (κ3) is 3.98. The van der Waals surface area contributed by atoms with Crippen molar-refractivity contribution in [2.75, 3.05) is 32.7 Å². The number of hydrogen-bond donors (Lipinski definition) is 2. The zero-order valence-corrected chi connectivity index (χ0v) is 12.9. The number of rotatable bonds is 3. The molecule has 124 valence electrons. The van der Waals surface area contributed by atoms with Gasteiger partial charge in [0.15, 0.2) is 0 Å². The number of nitrogens with zero attached hydrogens (tertiary/aromatic N) is 2. The molecule has 7 heteroatoms. The lowest BCUT2D eigenvalue weighted by molar-refractivity contribution is -0.132. The van der Waals surface area contributed by atoms with E-state index >= 15 is 0 Å². The van der Waals surface area contributed by atoms with Crippen LogP contribution < -0.4 is 10.6 Å². The molecule has 0 bridgehead atoms. The van der Waals surface area contributed by atoms with Gasteiger partial charge in [-0.2, -0.15) is 0 Å². The van der Waals surface area contributed by atoms with E-state index in [2.05, 4.69) is 15.5 Å². The molecule has 23 heavy (non-hydrogen) atoms. The van der Waals surface area contributed by atoms with Crippen LogP contribution in [0.2, 0.25) is 0 Å². The zero-order chi connectivity index (χ0) is 16.2. The minimum Gasteiger partial charge on any atom is -0.340 e. The van der Waals surface area contributed by atoms with Crippen LogP contribution in [0.25, 0.3) is 0 Å². The first kappa shape index (κ1) is 15.7. The molecule has 0 aromatic heterocycles. The lowest BCUT2D eigenvalue weighted by atomic mass is 10.2. The second-order valence-corrected chi connectivity index (χ2v) is 5.99. The monoisotopic (exact) mass is 320 g/mol. The smallest absolute Gasteiger partial charge is 0.315 e. The minimum absolute atomic E-state index is 0.0213. The molecule has 2 aliphatic rings. The molecule has 2 N–H and O–H groups in total. The number of urea groups is 1. The van der Waals surface area contributed by atoms with E-state index in [1.807, 2.05) is 4.90 Å². The highest BCUT2D eigenvalue weighted by atomic mass is 19.1. The predicted octanol–water partition coefficient (Wildman–Crippen LogP) is 0.541. The Labute approximate surface area is 134 Å². The van der Waals surface area contributed by atoms with E-state index < -0.39 is 6.04 Å². The Morgan fingerprint density at radius 3 is 2.65 bits per heavy atom. The van der Waals surface area contributed by atoms with Crippen LogP contribution in [-0.2, 0) is 11.3 Å². The Morgan fingerprint density at radius 1 is 1.17 bits per heavy atom. The van der Waals surface area contributed by atoms with E-state index in [9.17, 15) is 14.0 Å². The van der Waals surface area contributed by atoms with Crippen molar-refractivity contribution in [3.05, 3.63) is 35.6 Å². The maximum Gasteiger partial charge on any atom is 0.315 e. The molecule has 2 aliphatic heterocycles. The second-order valence-electron chi connectivity index (χ2n) is 5.99. The lowest BCUT2D eigenvalue weighted by Gasteiger charge is -2.24. The van der Waals surface area contributed by atoms with Gasteiger partial charge in [0.05, 0.1) is 0 Å². The quantitative estimate of drug-likeness (QED) is 0.854. The summed E-state index contributed by atoms with van der Waals surface area (Å²) in [6, 6.07) is 5.80. The van der Waals surface area contributed by atoms with Crippen molar-refractivity contribution in [2.24, 2.45) is 0 Å². The van der Waals surface area contributed by atoms with Crippen molar-refractivity contribution in [3.8, 4) is 0 Å². The van der Waals surface area contributed by atoms with Crippen LogP contribution in [0, 0.1) is 5.82 Å². The molecular formula is C16H21FN4O2. The second kappa shape index (κ2) is 6.95. The fourth-order valence-corrected chi connectivity index (χ4v) is 3.02. The average molecular weight is 320 g/mol. The summed E-state index contributed by atoms with van der Waals surface area (Å²) in [7, 11) is 0. The Bertz CT molecular complexity index is 578. The van der Waals surface area contributed by atoms with Crippen LogP contribution >= 0.6 is 0 Å². The van der Waals surface area contributed by atoms with Crippen LogP contribution in [0.3, 0.4) is 0 Å². The van der Waals surface area contributed by atoms with E-state index in [-0.39, 0.29) is 17.8 Å². The van der Waals surface area contributed by atoms with Gasteiger partial charge in [0.25, 0.3) is 0 Å². The molecule has 0 radical (unpaired) electrons. The van der Waals surface area contributed by atoms with Gasteiger partial charge in [-0.15, -0.1) is 0 Å². The lowest BCUT2D eigenvalue weighted by Crippen LogP contribution is -2.46. The summed E-state index contributed by atoms with van der Waals surface area (Å²) in [6.45, 7) is 4.13. The molecular weight excluding hydrogens is 299 g/mol. The average Bonchev–Trinajstić information content (AvgIpc) is 2.84. The molecule has 2 heterocycles. The molecule has 1 aromatic rings. The van der Waals surface area contributed by atoms with Crippen molar-refractivity contribution in [3.63, 3.8) is 0 Å². The SMILES string of the molecule is O=C1NCC(C(=O)N2CCCN(Cc3ccc(F)cc3)CC2)N1. The van der Waals surface area contributed by atoms with E-state index in [1.165, 1.54) is 12.1 Å². The fraction of sp³-hybridized carbons (Fsp3) is 0.500. The number of amides is 3. The van der Waals surface area contributed by atoms with Gasteiger partial charge in [-0.1, -0.05) is 12.1 Å². The number of hydrogen-bond acceptors (Lipinski definition) is 3. The van der Waals surface area contributed by atoms with Crippen molar-refractivity contribution in [1.82, 2.24) is 20.4 Å². The largest absolute Gasteiger partial charge is 0.340 e. The molecule has 1 aromatic carbocycles. The molecule has 1 unspecified atom stereocenters. The van der Waals surface area contributed by atoms with Crippen LogP contribution in [0.1, 0.15) is 12.0 Å². The van der Waals surface area contributed by atoms with Gasteiger partial charge < -0.3 is 15.5 Å². The van der Waals surface area contributed by atoms with Gasteiger partial charge in [0.1, 0.15) is 11.9 Å². The van der Waals surface area contributed by atoms with E-state index in [0.29, 0.717) is 19.6 Å². The Morgan fingerprint density at radius 2 is 1.96 bits per heavy atom. The summed E-state index contributed by atoms with van der Waals surface area (Å²) in [6.07, 6.45) is 0.890. The Balaban J connectivity index is 1.53. The van der Waals surface area contributed by atoms with Crippen LogP contribution in [0.5, 0.6) is 0 Å². The third-order valence-electron chi connectivity index (χ3n) is 4.29. The molecule has 2 saturated heterocycles. The Hall–Kier alpha value is -2.15. The van der Waals surface area contributed by atoms with Crippen molar-refractivity contribution in [2.45, 2.75) is 19.0 Å². The van der Waals surface area contributed by atoms with Gasteiger partial charge >= 0.3 is 6.03 Å².